The van der Waals surface area contributed by atoms with Crippen LogP contribution in [0.15, 0.2) is 24.5 Å². The number of nitrogens with one attached hydrogen (secondary N) is 2. The van der Waals surface area contributed by atoms with Crippen LogP contribution < -0.4 is 32.6 Å². The quantitative estimate of drug-likeness (QED) is 0.0346. The molecule has 302 valence electrons. The van der Waals surface area contributed by atoms with Gasteiger partial charge in [-0.1, -0.05) is 6.92 Å². The number of carbonyl (C=O) groups excluding carboxylic acids is 6. The maximum Gasteiger partial charge on any atom is 0.339 e. The van der Waals surface area contributed by atoms with Crippen molar-refractivity contribution in [3.05, 3.63) is 24.5 Å². The van der Waals surface area contributed by atoms with E-state index in [0.29, 0.717) is 19.3 Å². The molecule has 11 N–H and O–H groups in total. The first-order chi connectivity index (χ1) is 25.4. The third-order valence-electron chi connectivity index (χ3n) is 8.89. The number of aliphatic hydroxyl groups is 2. The van der Waals surface area contributed by atoms with Crippen LogP contribution in [0.1, 0.15) is 72.6 Å². The maximum atomic E-state index is 13.6. The highest BCUT2D eigenvalue weighted by atomic mass is 16.6. The number of nitrogens with zero attached hydrogens (tertiary/aromatic N) is 2. The van der Waals surface area contributed by atoms with Gasteiger partial charge in [-0.05, 0) is 58.1 Å². The summed E-state index contributed by atoms with van der Waals surface area (Å²) in [7, 11) is 0. The van der Waals surface area contributed by atoms with Crippen LogP contribution in [-0.2, 0) is 43.0 Å². The van der Waals surface area contributed by atoms with E-state index in [1.54, 1.807) is 0 Å². The zero-order valence-electron chi connectivity index (χ0n) is 30.8. The van der Waals surface area contributed by atoms with Crippen LogP contribution in [0.25, 0.3) is 0 Å². The molecule has 20 nitrogen and oxygen atoms in total. The number of aliphatic carboxylic acids is 1. The summed E-state index contributed by atoms with van der Waals surface area (Å²) in [4.78, 5) is 93.9. The Kier molecular flexibility index (Phi) is 18.0. The second-order valence-electron chi connectivity index (χ2n) is 13.0. The number of aliphatic hydroxyl groups excluding tert-OH is 2. The van der Waals surface area contributed by atoms with Crippen LogP contribution in [0.5, 0.6) is 5.75 Å². The lowest BCUT2D eigenvalue weighted by molar-refractivity contribution is -0.245. The van der Waals surface area contributed by atoms with Gasteiger partial charge in [0, 0.05) is 32.5 Å². The van der Waals surface area contributed by atoms with Gasteiger partial charge in [-0.3, -0.25) is 29.0 Å². The van der Waals surface area contributed by atoms with E-state index in [2.05, 4.69) is 15.6 Å². The molecule has 2 heterocycles. The Morgan fingerprint density at radius 2 is 1.81 bits per heavy atom. The summed E-state index contributed by atoms with van der Waals surface area (Å²) >= 11 is 0. The van der Waals surface area contributed by atoms with Crippen LogP contribution in [-0.4, -0.2) is 134 Å². The van der Waals surface area contributed by atoms with Crippen LogP contribution in [0.3, 0.4) is 0 Å². The Labute approximate surface area is 312 Å². The first-order valence-electron chi connectivity index (χ1n) is 17.6. The average Bonchev–Trinajstić information content (AvgIpc) is 3.12. The number of rotatable bonds is 22. The second kappa shape index (κ2) is 21.3. The number of amides is 4. The van der Waals surface area contributed by atoms with Gasteiger partial charge in [-0.15, -0.1) is 0 Å². The van der Waals surface area contributed by atoms with Crippen LogP contribution in [0, 0.1) is 0 Å². The minimum absolute atomic E-state index is 0.0269. The van der Waals surface area contributed by atoms with E-state index in [0.717, 1.165) is 11.8 Å². The summed E-state index contributed by atoms with van der Waals surface area (Å²) < 4.78 is 16.5. The molecule has 20 heteroatoms. The van der Waals surface area contributed by atoms with Crippen molar-refractivity contribution in [3.8, 4) is 5.75 Å². The van der Waals surface area contributed by atoms with Crippen molar-refractivity contribution in [2.24, 2.45) is 17.2 Å². The Morgan fingerprint density at radius 3 is 2.37 bits per heavy atom. The Balaban J connectivity index is 2.23. The number of ketones is 1. The van der Waals surface area contributed by atoms with E-state index < -0.39 is 109 Å². The summed E-state index contributed by atoms with van der Waals surface area (Å²) in [6.45, 7) is 4.86. The molecule has 0 radical (unpaired) electrons. The van der Waals surface area contributed by atoms with Gasteiger partial charge in [0.15, 0.2) is 23.7 Å². The number of aromatic nitrogens is 1. The van der Waals surface area contributed by atoms with Crippen molar-refractivity contribution in [1.29, 1.82) is 0 Å². The lowest BCUT2D eigenvalue weighted by Gasteiger charge is -2.48. The highest BCUT2D eigenvalue weighted by molar-refractivity contribution is 6.09. The van der Waals surface area contributed by atoms with Crippen molar-refractivity contribution < 1.29 is 63.1 Å². The molecule has 9 atom stereocenters. The van der Waals surface area contributed by atoms with Gasteiger partial charge >= 0.3 is 11.9 Å². The molecule has 54 heavy (non-hydrogen) atoms. The van der Waals surface area contributed by atoms with E-state index in [4.69, 9.17) is 31.4 Å². The van der Waals surface area contributed by atoms with Crippen molar-refractivity contribution in [3.63, 3.8) is 0 Å². The van der Waals surface area contributed by atoms with Gasteiger partial charge in [0.2, 0.25) is 23.6 Å². The summed E-state index contributed by atoms with van der Waals surface area (Å²) in [5, 5.41) is 34.9. The first-order valence-corrected chi connectivity index (χ1v) is 17.6. The fourth-order valence-electron chi connectivity index (χ4n) is 5.73. The van der Waals surface area contributed by atoms with Crippen LogP contribution >= 0.6 is 0 Å². The van der Waals surface area contributed by atoms with Crippen molar-refractivity contribution in [2.45, 2.75) is 127 Å². The van der Waals surface area contributed by atoms with Gasteiger partial charge in [0.05, 0.1) is 18.8 Å². The number of nitrogens with two attached hydrogens (primary N) is 3. The van der Waals surface area contributed by atoms with E-state index >= 15 is 0 Å². The normalized spacial score (nSPS) is 22.4. The number of hydrogen-bond acceptors (Lipinski definition) is 15. The SMILES string of the molecule is CCCC(=O)NCCCC[C@@](N)(C(=O)CC[C@@H](NC(=O)[C@H](C)N(C(C)=O)C1O[C@H](CO)[C@@H](O)[C@H](O[C@H](C)C(=O)O)[C@H]1N)C(N)=O)C(=O)Oc1cccnc1. The minimum atomic E-state index is -2.20. The molecule has 4 amide bonds. The summed E-state index contributed by atoms with van der Waals surface area (Å²) in [5.74, 6) is -6.21. The molecule has 1 unspecified atom stereocenters. The van der Waals surface area contributed by atoms with Gasteiger partial charge < -0.3 is 62.3 Å². The third-order valence-corrected chi connectivity index (χ3v) is 8.89. The van der Waals surface area contributed by atoms with Crippen molar-refractivity contribution in [2.75, 3.05) is 13.2 Å². The minimum Gasteiger partial charge on any atom is -0.479 e. The number of hydrogen-bond donors (Lipinski definition) is 8. The topological polar surface area (TPSA) is 326 Å². The predicted octanol–water partition coefficient (Wildman–Crippen LogP) is -2.41. The Hall–Kier alpha value is -4.60. The second-order valence-corrected chi connectivity index (χ2v) is 13.0. The maximum absolute atomic E-state index is 13.6. The monoisotopic (exact) mass is 767 g/mol. The average molecular weight is 768 g/mol. The number of esters is 1. The van der Waals surface area contributed by atoms with E-state index in [1.807, 2.05) is 6.92 Å². The van der Waals surface area contributed by atoms with Crippen LogP contribution in [0.4, 0.5) is 0 Å². The fraction of sp³-hybridized carbons (Fsp3) is 0.647. The summed E-state index contributed by atoms with van der Waals surface area (Å²) in [6, 6.07) is -1.45. The molecule has 1 aliphatic heterocycles. The number of primary amides is 1. The van der Waals surface area contributed by atoms with E-state index in [1.165, 1.54) is 38.4 Å². The molecule has 0 saturated carbocycles. The predicted molar refractivity (Wildman–Crippen MR) is 188 cm³/mol. The number of carbonyl (C=O) groups is 7. The molecular weight excluding hydrogens is 714 g/mol. The summed E-state index contributed by atoms with van der Waals surface area (Å²) in [5.41, 5.74) is 16.1. The van der Waals surface area contributed by atoms with E-state index in [-0.39, 0.29) is 31.0 Å². The molecule has 1 aromatic rings. The summed E-state index contributed by atoms with van der Waals surface area (Å²) in [6.07, 6.45) is -4.29. The molecule has 2 rings (SSSR count). The standard InChI is InChI=1S/C34H53N7O13/c1-5-9-25(45)39-15-7-6-13-34(37,33(51)53-21-10-8-14-38-16-21)24(44)12-11-22(29(36)47)40-30(48)18(2)41(20(4)43)31-26(35)28(52-19(3)32(49)50)27(46)23(17-42)54-31/h8,10,14,16,18-19,22-23,26-28,31,42,46H,5-7,9,11-13,15,17,35,37H2,1-4H3,(H2,36,47)(H,39,45)(H,40,48)(H,49,50)/t18-,19+,22+,23+,26+,27+,28+,31?,34+/m0/s1. The number of pyridine rings is 1. The number of Topliss-reactive ketones (excluding diaryl/α,β-unsaturated/α-hetero) is 1. The van der Waals surface area contributed by atoms with Crippen LogP contribution in [0.2, 0.25) is 0 Å². The molecular formula is C34H53N7O13. The van der Waals surface area contributed by atoms with E-state index in [9.17, 15) is 48.9 Å². The molecule has 0 spiro atoms. The lowest BCUT2D eigenvalue weighted by Crippen LogP contribution is -2.70. The smallest absolute Gasteiger partial charge is 0.339 e. The van der Waals surface area contributed by atoms with Crippen molar-refractivity contribution >= 4 is 41.4 Å². The number of carboxylic acid groups (broad SMARTS) is 1. The highest BCUT2D eigenvalue weighted by Crippen LogP contribution is 2.27. The fourth-order valence-corrected chi connectivity index (χ4v) is 5.73. The molecule has 1 aliphatic rings. The molecule has 0 bridgehead atoms. The number of carboxylic acids is 1. The lowest BCUT2D eigenvalue weighted by atomic mass is 9.86. The molecule has 0 aromatic carbocycles. The molecule has 0 aliphatic carbocycles. The molecule has 1 fully saturated rings. The number of unbranched alkanes of at least 4 members (excludes halogenated alkanes) is 1. The van der Waals surface area contributed by atoms with Gasteiger partial charge in [-0.25, -0.2) is 9.59 Å². The number of ether oxygens (including phenoxy) is 3. The molecule has 1 saturated heterocycles. The Bertz CT molecular complexity index is 1470. The molecule has 1 aromatic heterocycles. The highest BCUT2D eigenvalue weighted by Gasteiger charge is 2.50. The largest absolute Gasteiger partial charge is 0.479 e. The van der Waals surface area contributed by atoms with Gasteiger partial charge in [0.25, 0.3) is 0 Å². The zero-order chi connectivity index (χ0) is 40.7. The van der Waals surface area contributed by atoms with Crippen molar-refractivity contribution in [1.82, 2.24) is 20.5 Å². The first kappa shape index (κ1) is 45.6. The Morgan fingerprint density at radius 1 is 1.13 bits per heavy atom. The third kappa shape index (κ3) is 12.5. The van der Waals surface area contributed by atoms with Gasteiger partial charge in [0.1, 0.15) is 36.1 Å². The van der Waals surface area contributed by atoms with Gasteiger partial charge in [-0.2, -0.15) is 0 Å². The zero-order valence-corrected chi connectivity index (χ0v) is 30.8.